The summed E-state index contributed by atoms with van der Waals surface area (Å²) in [5, 5.41) is 3.14. The molecular weight excluding hydrogens is 370 g/mol. The molecule has 1 aromatic heterocycles. The summed E-state index contributed by atoms with van der Waals surface area (Å²) < 4.78 is 10.9. The van der Waals surface area contributed by atoms with Crippen molar-refractivity contribution in [2.24, 2.45) is 0 Å². The Morgan fingerprint density at radius 2 is 1.79 bits per heavy atom. The third-order valence-electron chi connectivity index (χ3n) is 3.89. The maximum Gasteiger partial charge on any atom is 0.338 e. The molecule has 29 heavy (non-hydrogen) atoms. The Balaban J connectivity index is 1.65. The Kier molecular flexibility index (Phi) is 6.23. The summed E-state index contributed by atoms with van der Waals surface area (Å²) in [5.74, 6) is 1.03. The maximum absolute atomic E-state index is 11.9. The molecule has 0 aliphatic rings. The minimum absolute atomic E-state index is 0.0986. The van der Waals surface area contributed by atoms with Gasteiger partial charge in [-0.2, -0.15) is 15.0 Å². The molecule has 0 atom stereocenters. The van der Waals surface area contributed by atoms with Crippen LogP contribution >= 0.6 is 0 Å². The fraction of sp³-hybridized carbons (Fsp3) is 0.238. The van der Waals surface area contributed by atoms with Crippen LogP contribution in [0, 0.1) is 6.92 Å². The summed E-state index contributed by atoms with van der Waals surface area (Å²) in [6, 6.07) is 14.5. The third-order valence-corrected chi connectivity index (χ3v) is 3.89. The van der Waals surface area contributed by atoms with E-state index in [4.69, 9.17) is 15.2 Å². The molecule has 3 aromatic rings. The molecular formula is C21H23N5O3. The number of esters is 1. The van der Waals surface area contributed by atoms with E-state index in [-0.39, 0.29) is 24.6 Å². The van der Waals surface area contributed by atoms with E-state index in [0.29, 0.717) is 23.1 Å². The summed E-state index contributed by atoms with van der Waals surface area (Å²) in [7, 11) is 0. The standard InChI is InChI=1S/C21H23N5O3/c1-13(2)29-19(27)15-8-10-16(11-9-15)28-12-18-24-20(22)26-21(25-18)23-17-7-5-4-6-14(17)3/h4-11,13H,12H2,1-3H3,(H3,22,23,24,25,26). The van der Waals surface area contributed by atoms with Gasteiger partial charge < -0.3 is 20.5 Å². The maximum atomic E-state index is 11.9. The number of ether oxygens (including phenoxy) is 2. The molecule has 0 bridgehead atoms. The first-order valence-corrected chi connectivity index (χ1v) is 9.17. The molecule has 3 N–H and O–H groups in total. The molecule has 0 aliphatic heterocycles. The van der Waals surface area contributed by atoms with Crippen molar-refractivity contribution in [3.63, 3.8) is 0 Å². The van der Waals surface area contributed by atoms with Crippen molar-refractivity contribution in [3.8, 4) is 5.75 Å². The Morgan fingerprint density at radius 1 is 1.07 bits per heavy atom. The summed E-state index contributed by atoms with van der Waals surface area (Å²) in [6.07, 6.45) is -0.171. The molecule has 150 valence electrons. The first kappa shape index (κ1) is 20.1. The van der Waals surface area contributed by atoms with Gasteiger partial charge in [0.25, 0.3) is 0 Å². The van der Waals surface area contributed by atoms with Crippen molar-refractivity contribution in [2.45, 2.75) is 33.5 Å². The van der Waals surface area contributed by atoms with E-state index >= 15 is 0 Å². The van der Waals surface area contributed by atoms with Crippen molar-refractivity contribution in [3.05, 3.63) is 65.5 Å². The highest BCUT2D eigenvalue weighted by Gasteiger charge is 2.10. The van der Waals surface area contributed by atoms with Gasteiger partial charge in [-0.25, -0.2) is 4.79 Å². The van der Waals surface area contributed by atoms with Crippen molar-refractivity contribution >= 4 is 23.6 Å². The van der Waals surface area contributed by atoms with E-state index in [2.05, 4.69) is 20.3 Å². The van der Waals surface area contributed by atoms with Crippen LogP contribution in [0.25, 0.3) is 0 Å². The van der Waals surface area contributed by atoms with E-state index in [1.165, 1.54) is 0 Å². The molecule has 2 aromatic carbocycles. The van der Waals surface area contributed by atoms with Gasteiger partial charge in [0.05, 0.1) is 11.7 Å². The molecule has 0 amide bonds. The van der Waals surface area contributed by atoms with Crippen molar-refractivity contribution in [2.75, 3.05) is 11.1 Å². The number of carbonyl (C=O) groups is 1. The molecule has 0 saturated heterocycles. The first-order chi connectivity index (χ1) is 13.9. The van der Waals surface area contributed by atoms with Gasteiger partial charge in [-0.1, -0.05) is 18.2 Å². The molecule has 0 unspecified atom stereocenters. The fourth-order valence-corrected chi connectivity index (χ4v) is 2.51. The number of para-hydroxylation sites is 1. The number of nitrogens with zero attached hydrogens (tertiary/aromatic N) is 3. The highest BCUT2D eigenvalue weighted by molar-refractivity contribution is 5.89. The molecule has 0 spiro atoms. The van der Waals surface area contributed by atoms with Crippen LogP contribution in [0.15, 0.2) is 48.5 Å². The van der Waals surface area contributed by atoms with E-state index in [1.54, 1.807) is 38.1 Å². The Morgan fingerprint density at radius 3 is 2.48 bits per heavy atom. The average molecular weight is 393 g/mol. The predicted octanol–water partition coefficient (Wildman–Crippen LogP) is 3.65. The van der Waals surface area contributed by atoms with Crippen molar-refractivity contribution in [1.82, 2.24) is 15.0 Å². The average Bonchev–Trinajstić information content (AvgIpc) is 2.68. The molecule has 8 nitrogen and oxygen atoms in total. The second kappa shape index (κ2) is 9.01. The van der Waals surface area contributed by atoms with Gasteiger partial charge in [0.1, 0.15) is 12.4 Å². The number of aryl methyl sites for hydroxylation is 1. The van der Waals surface area contributed by atoms with Crippen LogP contribution in [-0.4, -0.2) is 27.0 Å². The lowest BCUT2D eigenvalue weighted by Crippen LogP contribution is -2.11. The molecule has 0 aliphatic carbocycles. The number of rotatable bonds is 7. The number of aromatic nitrogens is 3. The quantitative estimate of drug-likeness (QED) is 0.585. The van der Waals surface area contributed by atoms with Gasteiger partial charge in [-0.05, 0) is 56.7 Å². The smallest absolute Gasteiger partial charge is 0.338 e. The van der Waals surface area contributed by atoms with Crippen LogP contribution in [0.5, 0.6) is 5.75 Å². The lowest BCUT2D eigenvalue weighted by Gasteiger charge is -2.11. The Labute approximate surface area is 169 Å². The lowest BCUT2D eigenvalue weighted by atomic mass is 10.2. The summed E-state index contributed by atoms with van der Waals surface area (Å²) in [4.78, 5) is 24.5. The largest absolute Gasteiger partial charge is 0.486 e. The predicted molar refractivity (Wildman–Crippen MR) is 110 cm³/mol. The molecule has 0 fully saturated rings. The van der Waals surface area contributed by atoms with Crippen LogP contribution in [0.1, 0.15) is 35.6 Å². The van der Waals surface area contributed by atoms with Crippen LogP contribution in [0.2, 0.25) is 0 Å². The number of carbonyl (C=O) groups excluding carboxylic acids is 1. The molecule has 0 saturated carbocycles. The van der Waals surface area contributed by atoms with Gasteiger partial charge in [0.2, 0.25) is 11.9 Å². The van der Waals surface area contributed by atoms with Crippen molar-refractivity contribution in [1.29, 1.82) is 0 Å². The zero-order valence-electron chi connectivity index (χ0n) is 16.5. The number of nitrogens with two attached hydrogens (primary N) is 1. The molecule has 8 heteroatoms. The molecule has 1 heterocycles. The normalized spacial score (nSPS) is 10.6. The number of hydrogen-bond acceptors (Lipinski definition) is 8. The zero-order chi connectivity index (χ0) is 20.8. The summed E-state index contributed by atoms with van der Waals surface area (Å²) in [5.41, 5.74) is 8.20. The highest BCUT2D eigenvalue weighted by Crippen LogP contribution is 2.19. The Hall–Kier alpha value is -3.68. The van der Waals surface area contributed by atoms with Gasteiger partial charge in [0, 0.05) is 5.69 Å². The van der Waals surface area contributed by atoms with E-state index in [0.717, 1.165) is 11.3 Å². The number of anilines is 3. The third kappa shape index (κ3) is 5.65. The Bertz CT molecular complexity index is 990. The van der Waals surface area contributed by atoms with Gasteiger partial charge in [-0.15, -0.1) is 0 Å². The van der Waals surface area contributed by atoms with E-state index < -0.39 is 0 Å². The monoisotopic (exact) mass is 393 g/mol. The minimum atomic E-state index is -0.372. The number of benzene rings is 2. The van der Waals surface area contributed by atoms with Crippen LogP contribution in [-0.2, 0) is 11.3 Å². The van der Waals surface area contributed by atoms with Gasteiger partial charge in [-0.3, -0.25) is 0 Å². The van der Waals surface area contributed by atoms with Crippen molar-refractivity contribution < 1.29 is 14.3 Å². The van der Waals surface area contributed by atoms with Gasteiger partial charge >= 0.3 is 5.97 Å². The van der Waals surface area contributed by atoms with Crippen LogP contribution < -0.4 is 15.8 Å². The summed E-state index contributed by atoms with van der Waals surface area (Å²) in [6.45, 7) is 5.69. The number of nitrogens with one attached hydrogen (secondary N) is 1. The van der Waals surface area contributed by atoms with Gasteiger partial charge in [0.15, 0.2) is 5.82 Å². The topological polar surface area (TPSA) is 112 Å². The minimum Gasteiger partial charge on any atom is -0.486 e. The second-order valence-corrected chi connectivity index (χ2v) is 6.64. The van der Waals surface area contributed by atoms with Crippen LogP contribution in [0.3, 0.4) is 0 Å². The highest BCUT2D eigenvalue weighted by atomic mass is 16.5. The van der Waals surface area contributed by atoms with Crippen LogP contribution in [0.4, 0.5) is 17.6 Å². The number of hydrogen-bond donors (Lipinski definition) is 2. The first-order valence-electron chi connectivity index (χ1n) is 9.17. The summed E-state index contributed by atoms with van der Waals surface area (Å²) >= 11 is 0. The lowest BCUT2D eigenvalue weighted by molar-refractivity contribution is 0.0378. The fourth-order valence-electron chi connectivity index (χ4n) is 2.51. The SMILES string of the molecule is Cc1ccccc1Nc1nc(N)nc(COc2ccc(C(=O)OC(C)C)cc2)n1. The van der Waals surface area contributed by atoms with E-state index in [1.807, 2.05) is 31.2 Å². The molecule has 0 radical (unpaired) electrons. The second-order valence-electron chi connectivity index (χ2n) is 6.64. The molecule has 3 rings (SSSR count). The number of nitrogen functional groups attached to an aromatic ring is 1. The zero-order valence-corrected chi connectivity index (χ0v) is 16.5. The van der Waals surface area contributed by atoms with E-state index in [9.17, 15) is 4.79 Å².